The van der Waals surface area contributed by atoms with Crippen LogP contribution in [0.25, 0.3) is 0 Å². The number of aromatic nitrogens is 2. The maximum Gasteiger partial charge on any atom is 0.145 e. The molecule has 0 unspecified atom stereocenters. The third-order valence-electron chi connectivity index (χ3n) is 4.04. The highest BCUT2D eigenvalue weighted by molar-refractivity contribution is 5.63. The highest BCUT2D eigenvalue weighted by atomic mass is 15.2. The molecule has 7 heteroatoms. The molecule has 1 saturated heterocycles. The fraction of sp³-hybridized carbons (Fsp3) is 0.263. The average Bonchev–Trinajstić information content (AvgIpc) is 3.18. The van der Waals surface area contributed by atoms with Gasteiger partial charge in [-0.2, -0.15) is 10.5 Å². The first-order valence-corrected chi connectivity index (χ1v) is 8.42. The minimum atomic E-state index is 0.0260. The van der Waals surface area contributed by atoms with E-state index in [9.17, 15) is 0 Å². The van der Waals surface area contributed by atoms with E-state index in [1.54, 1.807) is 12.1 Å². The van der Waals surface area contributed by atoms with Crippen molar-refractivity contribution in [2.45, 2.75) is 19.8 Å². The van der Waals surface area contributed by atoms with Crippen LogP contribution in [0.3, 0.4) is 0 Å². The van der Waals surface area contributed by atoms with Crippen molar-refractivity contribution in [1.29, 1.82) is 10.5 Å². The van der Waals surface area contributed by atoms with E-state index in [4.69, 9.17) is 10.5 Å². The monoisotopic (exact) mass is 345 g/mol. The molecule has 2 N–H and O–H groups in total. The predicted molar refractivity (Wildman–Crippen MR) is 101 cm³/mol. The summed E-state index contributed by atoms with van der Waals surface area (Å²) in [7, 11) is 0. The second kappa shape index (κ2) is 8.00. The Balaban J connectivity index is 1.70. The molecule has 26 heavy (non-hydrogen) atoms. The molecule has 0 radical (unpaired) electrons. The lowest BCUT2D eigenvalue weighted by molar-refractivity contribution is 0.912. The molecule has 1 aliphatic rings. The van der Waals surface area contributed by atoms with E-state index in [2.05, 4.69) is 25.5 Å². The quantitative estimate of drug-likeness (QED) is 0.800. The van der Waals surface area contributed by atoms with E-state index in [1.807, 2.05) is 37.3 Å². The first-order valence-electron chi connectivity index (χ1n) is 8.42. The van der Waals surface area contributed by atoms with Crippen LogP contribution in [0.1, 0.15) is 18.7 Å². The highest BCUT2D eigenvalue weighted by Gasteiger charge is 2.15. The summed E-state index contributed by atoms with van der Waals surface area (Å²) in [6.45, 7) is 3.97. The van der Waals surface area contributed by atoms with E-state index in [1.165, 1.54) is 19.0 Å². The zero-order chi connectivity index (χ0) is 18.4. The number of nitrogens with zero attached hydrogens (tertiary/aromatic N) is 5. The van der Waals surface area contributed by atoms with E-state index in [0.29, 0.717) is 0 Å². The molecular formula is C19H19N7. The largest absolute Gasteiger partial charge is 0.360 e. The normalized spacial score (nSPS) is 12.8. The highest BCUT2D eigenvalue weighted by Crippen LogP contribution is 2.23. The van der Waals surface area contributed by atoms with E-state index in [-0.39, 0.29) is 5.57 Å². The molecule has 2 aromatic rings. The van der Waals surface area contributed by atoms with Crippen LogP contribution in [0.5, 0.6) is 0 Å². The fourth-order valence-corrected chi connectivity index (χ4v) is 2.77. The molecular weight excluding hydrogens is 326 g/mol. The fourth-order valence-electron chi connectivity index (χ4n) is 2.77. The molecule has 1 fully saturated rings. The maximum absolute atomic E-state index is 8.73. The number of allylic oxidation sites excluding steroid dienone is 1. The summed E-state index contributed by atoms with van der Waals surface area (Å²) in [4.78, 5) is 11.3. The number of nitrogens with one attached hydrogen (secondary N) is 2. The molecule has 7 nitrogen and oxygen atoms in total. The average molecular weight is 345 g/mol. The lowest BCUT2D eigenvalue weighted by atomic mass is 10.2. The molecule has 3 rings (SSSR count). The number of anilines is 4. The van der Waals surface area contributed by atoms with Crippen LogP contribution < -0.4 is 15.5 Å². The van der Waals surface area contributed by atoms with Gasteiger partial charge in [-0.1, -0.05) is 0 Å². The number of aryl methyl sites for hydroxylation is 1. The van der Waals surface area contributed by atoms with Gasteiger partial charge in [-0.3, -0.25) is 0 Å². The van der Waals surface area contributed by atoms with Gasteiger partial charge in [-0.25, -0.2) is 9.97 Å². The third kappa shape index (κ3) is 4.28. The van der Waals surface area contributed by atoms with Gasteiger partial charge < -0.3 is 15.5 Å². The van der Waals surface area contributed by atoms with Crippen molar-refractivity contribution in [2.24, 2.45) is 0 Å². The number of hydrogen-bond acceptors (Lipinski definition) is 7. The van der Waals surface area contributed by atoms with Crippen LogP contribution in [0, 0.1) is 29.6 Å². The van der Waals surface area contributed by atoms with Gasteiger partial charge in [0.1, 0.15) is 35.2 Å². The maximum atomic E-state index is 8.73. The van der Waals surface area contributed by atoms with Gasteiger partial charge >= 0.3 is 0 Å². The Morgan fingerprint density at radius 2 is 1.73 bits per heavy atom. The summed E-state index contributed by atoms with van der Waals surface area (Å²) < 4.78 is 0. The molecule has 0 spiro atoms. The van der Waals surface area contributed by atoms with E-state index in [0.717, 1.165) is 41.9 Å². The van der Waals surface area contributed by atoms with Crippen LogP contribution in [0.4, 0.5) is 23.0 Å². The molecule has 0 atom stereocenters. The minimum Gasteiger partial charge on any atom is -0.360 e. The van der Waals surface area contributed by atoms with E-state index < -0.39 is 0 Å². The molecule has 1 aromatic heterocycles. The van der Waals surface area contributed by atoms with Gasteiger partial charge in [-0.15, -0.1) is 0 Å². The smallest absolute Gasteiger partial charge is 0.145 e. The summed E-state index contributed by atoms with van der Waals surface area (Å²) in [5.74, 6) is 2.46. The Morgan fingerprint density at radius 3 is 2.38 bits per heavy atom. The number of hydrogen-bond donors (Lipinski definition) is 2. The van der Waals surface area contributed by atoms with E-state index >= 15 is 0 Å². The minimum absolute atomic E-state index is 0.0260. The van der Waals surface area contributed by atoms with Crippen molar-refractivity contribution in [2.75, 3.05) is 28.6 Å². The molecule has 130 valence electrons. The van der Waals surface area contributed by atoms with Gasteiger partial charge in [-0.05, 0) is 44.0 Å². The van der Waals surface area contributed by atoms with Crippen LogP contribution in [-0.4, -0.2) is 23.1 Å². The Bertz CT molecular complexity index is 866. The van der Waals surface area contributed by atoms with Gasteiger partial charge in [0.25, 0.3) is 0 Å². The Hall–Kier alpha value is -3.58. The molecule has 0 saturated carbocycles. The van der Waals surface area contributed by atoms with Gasteiger partial charge in [0.05, 0.1) is 0 Å². The first kappa shape index (κ1) is 17.2. The van der Waals surface area contributed by atoms with Crippen molar-refractivity contribution in [3.05, 3.63) is 47.9 Å². The molecule has 0 bridgehead atoms. The van der Waals surface area contributed by atoms with Crippen molar-refractivity contribution in [1.82, 2.24) is 9.97 Å². The van der Waals surface area contributed by atoms with Crippen molar-refractivity contribution in [3.63, 3.8) is 0 Å². The third-order valence-corrected chi connectivity index (χ3v) is 4.04. The zero-order valence-electron chi connectivity index (χ0n) is 14.5. The van der Waals surface area contributed by atoms with Gasteiger partial charge in [0.2, 0.25) is 0 Å². The SMILES string of the molecule is Cc1nc(Nc2ccc(NC=C(C#N)C#N)cc2)cc(N2CCCC2)n1. The zero-order valence-corrected chi connectivity index (χ0v) is 14.5. The Morgan fingerprint density at radius 1 is 1.08 bits per heavy atom. The van der Waals surface area contributed by atoms with Crippen LogP contribution in [0.2, 0.25) is 0 Å². The lowest BCUT2D eigenvalue weighted by Crippen LogP contribution is -2.19. The summed E-state index contributed by atoms with van der Waals surface area (Å²) in [5.41, 5.74) is 1.71. The van der Waals surface area contributed by atoms with Crippen LogP contribution >= 0.6 is 0 Å². The molecule has 1 aliphatic heterocycles. The number of rotatable bonds is 5. The number of nitriles is 2. The van der Waals surface area contributed by atoms with Crippen molar-refractivity contribution < 1.29 is 0 Å². The second-order valence-electron chi connectivity index (χ2n) is 5.98. The molecule has 0 amide bonds. The molecule has 2 heterocycles. The van der Waals surface area contributed by atoms with Gasteiger partial charge in [0, 0.05) is 36.7 Å². The topological polar surface area (TPSA) is 101 Å². The second-order valence-corrected chi connectivity index (χ2v) is 5.98. The summed E-state index contributed by atoms with van der Waals surface area (Å²) in [6.07, 6.45) is 3.79. The van der Waals surface area contributed by atoms with Crippen LogP contribution in [-0.2, 0) is 0 Å². The Labute approximate surface area is 152 Å². The van der Waals surface area contributed by atoms with Crippen molar-refractivity contribution >= 4 is 23.0 Å². The first-order chi connectivity index (χ1) is 12.7. The standard InChI is InChI=1S/C19H19N7/c1-14-23-18(10-19(24-14)26-8-2-3-9-26)25-17-6-4-16(5-7-17)22-13-15(11-20)12-21/h4-7,10,13,22H,2-3,8-9H2,1H3,(H,23,24,25). The molecule has 1 aromatic carbocycles. The van der Waals surface area contributed by atoms with Crippen molar-refractivity contribution in [3.8, 4) is 12.1 Å². The van der Waals surface area contributed by atoms with Gasteiger partial charge in [0.15, 0.2) is 0 Å². The predicted octanol–water partition coefficient (Wildman–Crippen LogP) is 3.47. The Kier molecular flexibility index (Phi) is 5.31. The van der Waals surface area contributed by atoms with Crippen LogP contribution in [0.15, 0.2) is 42.1 Å². The summed E-state index contributed by atoms with van der Waals surface area (Å²) in [5, 5.41) is 23.7. The summed E-state index contributed by atoms with van der Waals surface area (Å²) >= 11 is 0. The summed E-state index contributed by atoms with van der Waals surface area (Å²) in [6, 6.07) is 13.1. The number of benzene rings is 1. The lowest BCUT2D eigenvalue weighted by Gasteiger charge is -2.17. The molecule has 0 aliphatic carbocycles.